The Morgan fingerprint density at radius 1 is 1.19 bits per heavy atom. The Kier molecular flexibility index (Phi) is 6.68. The largest absolute Gasteiger partial charge is 0.497 e. The van der Waals surface area contributed by atoms with Gasteiger partial charge in [0.1, 0.15) is 11.8 Å². The van der Waals surface area contributed by atoms with Gasteiger partial charge in [0.15, 0.2) is 0 Å². The van der Waals surface area contributed by atoms with Crippen molar-refractivity contribution in [2.45, 2.75) is 50.7 Å². The van der Waals surface area contributed by atoms with E-state index in [1.165, 1.54) is 4.90 Å². The van der Waals surface area contributed by atoms with Crippen LogP contribution in [0.25, 0.3) is 0 Å². The summed E-state index contributed by atoms with van der Waals surface area (Å²) < 4.78 is 5.14. The molecule has 0 saturated carbocycles. The number of methoxy groups -OCH3 is 1. The van der Waals surface area contributed by atoms with Gasteiger partial charge in [0.2, 0.25) is 5.91 Å². The highest BCUT2D eigenvalue weighted by atomic mass is 16.5. The molecule has 2 aliphatic rings. The van der Waals surface area contributed by atoms with E-state index in [4.69, 9.17) is 4.74 Å². The van der Waals surface area contributed by atoms with Crippen LogP contribution in [0.15, 0.2) is 48.8 Å². The smallest absolute Gasteiger partial charge is 0.325 e. The van der Waals surface area contributed by atoms with Crippen LogP contribution in [0.1, 0.15) is 49.3 Å². The van der Waals surface area contributed by atoms with Gasteiger partial charge in [0.05, 0.1) is 19.7 Å². The maximum Gasteiger partial charge on any atom is 0.325 e. The summed E-state index contributed by atoms with van der Waals surface area (Å²) in [6.45, 7) is 0.890. The highest BCUT2D eigenvalue weighted by molar-refractivity contribution is 6.04. The Hall–Kier alpha value is -3.42. The molecule has 0 spiro atoms. The van der Waals surface area contributed by atoms with Crippen molar-refractivity contribution in [1.82, 2.24) is 20.1 Å². The van der Waals surface area contributed by atoms with Crippen LogP contribution in [0.4, 0.5) is 4.79 Å². The Morgan fingerprint density at radius 3 is 2.72 bits per heavy atom. The minimum absolute atomic E-state index is 0.00852. The standard InChI is InChI=1S/C24H28N4O4/c1-32-19-9-7-17(8-10-19)16-28-23(30)20(26-24(28)31)11-12-22(29)27-14-3-2-6-21(27)18-5-4-13-25-15-18/h4-5,7-10,13,15,20-21H,2-3,6,11-12,14,16H2,1H3,(H,26,31)/t20-,21-/m0/s1. The molecule has 1 aromatic carbocycles. The number of carbonyl (C=O) groups excluding carboxylic acids is 3. The number of piperidine rings is 1. The second-order valence-electron chi connectivity index (χ2n) is 8.20. The van der Waals surface area contributed by atoms with E-state index in [1.54, 1.807) is 25.4 Å². The van der Waals surface area contributed by atoms with Crippen LogP contribution >= 0.6 is 0 Å². The van der Waals surface area contributed by atoms with Gasteiger partial charge in [-0.1, -0.05) is 18.2 Å². The lowest BCUT2D eigenvalue weighted by molar-refractivity contribution is -0.135. The summed E-state index contributed by atoms with van der Waals surface area (Å²) in [5, 5.41) is 2.73. The lowest BCUT2D eigenvalue weighted by atomic mass is 9.95. The van der Waals surface area contributed by atoms with Crippen molar-refractivity contribution >= 4 is 17.8 Å². The normalized spacial score (nSPS) is 20.9. The summed E-state index contributed by atoms with van der Waals surface area (Å²) in [5.74, 6) is 0.430. The second-order valence-corrected chi connectivity index (χ2v) is 8.20. The second kappa shape index (κ2) is 9.80. The Balaban J connectivity index is 1.35. The quantitative estimate of drug-likeness (QED) is 0.674. The minimum Gasteiger partial charge on any atom is -0.497 e. The molecule has 168 valence electrons. The van der Waals surface area contributed by atoms with Gasteiger partial charge in [-0.25, -0.2) is 4.79 Å². The van der Waals surface area contributed by atoms with Gasteiger partial charge in [0.25, 0.3) is 5.91 Å². The Morgan fingerprint density at radius 2 is 2.00 bits per heavy atom. The molecular weight excluding hydrogens is 408 g/mol. The number of nitrogens with one attached hydrogen (secondary N) is 1. The van der Waals surface area contributed by atoms with Crippen LogP contribution in [0.5, 0.6) is 5.75 Å². The molecule has 2 aromatic rings. The van der Waals surface area contributed by atoms with Crippen molar-refractivity contribution in [3.8, 4) is 5.75 Å². The monoisotopic (exact) mass is 436 g/mol. The van der Waals surface area contributed by atoms with Crippen molar-refractivity contribution in [2.75, 3.05) is 13.7 Å². The number of rotatable bonds is 7. The number of hydrogen-bond acceptors (Lipinski definition) is 5. The fourth-order valence-corrected chi connectivity index (χ4v) is 4.40. The van der Waals surface area contributed by atoms with Crippen LogP contribution in [-0.2, 0) is 16.1 Å². The maximum absolute atomic E-state index is 13.0. The zero-order valence-corrected chi connectivity index (χ0v) is 18.2. The number of hydrogen-bond donors (Lipinski definition) is 1. The zero-order chi connectivity index (χ0) is 22.5. The molecular formula is C24H28N4O4. The number of ether oxygens (including phenoxy) is 1. The number of urea groups is 1. The first kappa shape index (κ1) is 21.8. The highest BCUT2D eigenvalue weighted by Gasteiger charge is 2.38. The molecule has 2 fully saturated rings. The molecule has 0 unspecified atom stereocenters. The predicted octanol–water partition coefficient (Wildman–Crippen LogP) is 3.04. The van der Waals surface area contributed by atoms with Crippen molar-refractivity contribution in [2.24, 2.45) is 0 Å². The molecule has 8 nitrogen and oxygen atoms in total. The van der Waals surface area contributed by atoms with Gasteiger partial charge in [-0.3, -0.25) is 19.5 Å². The zero-order valence-electron chi connectivity index (χ0n) is 18.2. The predicted molar refractivity (Wildman–Crippen MR) is 118 cm³/mol. The average Bonchev–Trinajstić information content (AvgIpc) is 3.11. The number of nitrogens with zero attached hydrogens (tertiary/aromatic N) is 3. The summed E-state index contributed by atoms with van der Waals surface area (Å²) in [5.41, 5.74) is 1.87. The Labute approximate surface area is 187 Å². The third-order valence-corrected chi connectivity index (χ3v) is 6.15. The van der Waals surface area contributed by atoms with E-state index in [2.05, 4.69) is 10.3 Å². The third-order valence-electron chi connectivity index (χ3n) is 6.15. The van der Waals surface area contributed by atoms with E-state index in [-0.39, 0.29) is 30.8 Å². The topological polar surface area (TPSA) is 91.8 Å². The lowest BCUT2D eigenvalue weighted by Gasteiger charge is -2.36. The maximum atomic E-state index is 13.0. The fourth-order valence-electron chi connectivity index (χ4n) is 4.40. The van der Waals surface area contributed by atoms with Gasteiger partial charge in [-0.2, -0.15) is 0 Å². The van der Waals surface area contributed by atoms with Crippen molar-refractivity contribution < 1.29 is 19.1 Å². The first-order chi connectivity index (χ1) is 15.6. The number of pyridine rings is 1. The van der Waals surface area contributed by atoms with E-state index in [9.17, 15) is 14.4 Å². The van der Waals surface area contributed by atoms with Crippen molar-refractivity contribution in [3.05, 3.63) is 59.9 Å². The van der Waals surface area contributed by atoms with Gasteiger partial charge in [0, 0.05) is 25.4 Å². The highest BCUT2D eigenvalue weighted by Crippen LogP contribution is 2.31. The summed E-state index contributed by atoms with van der Waals surface area (Å²) in [4.78, 5) is 45.5. The van der Waals surface area contributed by atoms with Gasteiger partial charge >= 0.3 is 6.03 Å². The van der Waals surface area contributed by atoms with Crippen LogP contribution in [0, 0.1) is 0 Å². The Bertz CT molecular complexity index is 964. The molecule has 1 N–H and O–H groups in total. The van der Waals surface area contributed by atoms with E-state index in [0.29, 0.717) is 18.7 Å². The van der Waals surface area contributed by atoms with Gasteiger partial charge in [-0.15, -0.1) is 0 Å². The number of benzene rings is 1. The van der Waals surface area contributed by atoms with E-state index in [0.717, 1.165) is 30.4 Å². The number of aromatic nitrogens is 1. The van der Waals surface area contributed by atoms with Gasteiger partial charge in [-0.05, 0) is 55.0 Å². The number of amides is 4. The molecule has 2 saturated heterocycles. The van der Waals surface area contributed by atoms with Crippen molar-refractivity contribution in [3.63, 3.8) is 0 Å². The number of imide groups is 1. The summed E-state index contributed by atoms with van der Waals surface area (Å²) in [6, 6.07) is 10.0. The van der Waals surface area contributed by atoms with Crippen LogP contribution in [0.2, 0.25) is 0 Å². The molecule has 4 rings (SSSR count). The third kappa shape index (κ3) is 4.74. The molecule has 32 heavy (non-hydrogen) atoms. The van der Waals surface area contributed by atoms with Crippen molar-refractivity contribution in [1.29, 1.82) is 0 Å². The number of likely N-dealkylation sites (tertiary alicyclic amines) is 1. The van der Waals surface area contributed by atoms with E-state index in [1.807, 2.05) is 35.4 Å². The van der Waals surface area contributed by atoms with E-state index < -0.39 is 12.1 Å². The molecule has 2 aliphatic heterocycles. The summed E-state index contributed by atoms with van der Waals surface area (Å²) >= 11 is 0. The van der Waals surface area contributed by atoms with Crippen LogP contribution in [-0.4, -0.2) is 52.3 Å². The van der Waals surface area contributed by atoms with Crippen LogP contribution < -0.4 is 10.1 Å². The first-order valence-electron chi connectivity index (χ1n) is 11.0. The molecule has 0 bridgehead atoms. The molecule has 0 aliphatic carbocycles. The molecule has 2 atom stereocenters. The molecule has 1 aromatic heterocycles. The van der Waals surface area contributed by atoms with Gasteiger partial charge < -0.3 is 15.0 Å². The SMILES string of the molecule is COc1ccc(CN2C(=O)N[C@@H](CCC(=O)N3CCCC[C@H]3c3cccnc3)C2=O)cc1. The van der Waals surface area contributed by atoms with E-state index >= 15 is 0 Å². The fraction of sp³-hybridized carbons (Fsp3) is 0.417. The average molecular weight is 437 g/mol. The summed E-state index contributed by atoms with van der Waals surface area (Å²) in [6.07, 6.45) is 6.99. The molecule has 8 heteroatoms. The lowest BCUT2D eigenvalue weighted by Crippen LogP contribution is -2.39. The number of carbonyl (C=O) groups is 3. The van der Waals surface area contributed by atoms with Crippen LogP contribution in [0.3, 0.4) is 0 Å². The first-order valence-corrected chi connectivity index (χ1v) is 11.0. The molecule has 4 amide bonds. The molecule has 0 radical (unpaired) electrons. The summed E-state index contributed by atoms with van der Waals surface area (Å²) in [7, 11) is 1.58. The molecule has 3 heterocycles. The minimum atomic E-state index is -0.675.